The van der Waals surface area contributed by atoms with Gasteiger partial charge in [0, 0.05) is 17.7 Å². The van der Waals surface area contributed by atoms with Gasteiger partial charge in [-0.1, -0.05) is 16.8 Å². The zero-order valence-electron chi connectivity index (χ0n) is 7.31. The van der Waals surface area contributed by atoms with Crippen LogP contribution in [0.5, 0.6) is 0 Å². The first kappa shape index (κ1) is 10.5. The quantitative estimate of drug-likeness (QED) is 0.440. The van der Waals surface area contributed by atoms with Gasteiger partial charge in [0.1, 0.15) is 7.11 Å². The van der Waals surface area contributed by atoms with E-state index in [0.29, 0.717) is 5.56 Å². The smallest absolute Gasteiger partial charge is 0.269 e. The van der Waals surface area contributed by atoms with Crippen molar-refractivity contribution in [2.24, 2.45) is 5.16 Å². The van der Waals surface area contributed by atoms with Crippen molar-refractivity contribution in [3.8, 4) is 0 Å². The molecule has 0 amide bonds. The Morgan fingerprint density at radius 2 is 2.07 bits per heavy atom. The molecule has 1 aromatic carbocycles. The lowest BCUT2D eigenvalue weighted by Crippen LogP contribution is -1.93. The van der Waals surface area contributed by atoms with Crippen molar-refractivity contribution < 1.29 is 9.76 Å². The number of rotatable bonds is 3. The number of non-ortho nitro benzene ring substituents is 1. The van der Waals surface area contributed by atoms with E-state index in [2.05, 4.69) is 9.99 Å². The zero-order chi connectivity index (χ0) is 10.6. The first-order valence-electron chi connectivity index (χ1n) is 3.66. The Hall–Kier alpha value is -1.62. The zero-order valence-corrected chi connectivity index (χ0v) is 8.06. The molecule has 1 aromatic rings. The summed E-state index contributed by atoms with van der Waals surface area (Å²) in [5.74, 6) is 0. The maximum Gasteiger partial charge on any atom is 0.269 e. The van der Waals surface area contributed by atoms with Gasteiger partial charge < -0.3 is 4.84 Å². The van der Waals surface area contributed by atoms with Crippen molar-refractivity contribution in [3.05, 3.63) is 39.9 Å². The molecule has 0 fully saturated rings. The SMILES string of the molecule is CO/N=C(/Cl)c1ccc([N+](=O)[O-])cc1. The van der Waals surface area contributed by atoms with Crippen LogP contribution in [-0.2, 0) is 4.84 Å². The van der Waals surface area contributed by atoms with E-state index in [4.69, 9.17) is 11.6 Å². The molecule has 0 aliphatic heterocycles. The van der Waals surface area contributed by atoms with Gasteiger partial charge in [-0.2, -0.15) is 0 Å². The summed E-state index contributed by atoms with van der Waals surface area (Å²) in [6, 6.07) is 5.71. The molecule has 0 aliphatic rings. The van der Waals surface area contributed by atoms with Gasteiger partial charge in [0.25, 0.3) is 5.69 Å². The number of nitro groups is 1. The van der Waals surface area contributed by atoms with Crippen LogP contribution in [-0.4, -0.2) is 17.2 Å². The van der Waals surface area contributed by atoms with Crippen molar-refractivity contribution in [3.63, 3.8) is 0 Å². The Kier molecular flexibility index (Phi) is 3.41. The number of hydrogen-bond donors (Lipinski definition) is 0. The number of oxime groups is 1. The van der Waals surface area contributed by atoms with E-state index in [1.54, 1.807) is 0 Å². The first-order chi connectivity index (χ1) is 6.65. The van der Waals surface area contributed by atoms with E-state index < -0.39 is 4.92 Å². The van der Waals surface area contributed by atoms with Crippen LogP contribution in [0.1, 0.15) is 5.56 Å². The Bertz CT molecular complexity index is 361. The van der Waals surface area contributed by atoms with Gasteiger partial charge in [-0.15, -0.1) is 0 Å². The van der Waals surface area contributed by atoms with E-state index >= 15 is 0 Å². The van der Waals surface area contributed by atoms with Gasteiger partial charge in [-0.3, -0.25) is 10.1 Å². The van der Waals surface area contributed by atoms with Crippen LogP contribution < -0.4 is 0 Å². The molecule has 1 rings (SSSR count). The summed E-state index contributed by atoms with van der Waals surface area (Å²) in [7, 11) is 1.37. The van der Waals surface area contributed by atoms with E-state index in [1.807, 2.05) is 0 Å². The van der Waals surface area contributed by atoms with Crippen LogP contribution in [0.3, 0.4) is 0 Å². The summed E-state index contributed by atoms with van der Waals surface area (Å²) >= 11 is 5.69. The molecule has 14 heavy (non-hydrogen) atoms. The van der Waals surface area contributed by atoms with E-state index in [0.717, 1.165) is 0 Å². The van der Waals surface area contributed by atoms with Gasteiger partial charge in [-0.05, 0) is 12.1 Å². The summed E-state index contributed by atoms with van der Waals surface area (Å²) < 4.78 is 0. The summed E-state index contributed by atoms with van der Waals surface area (Å²) in [5.41, 5.74) is 0.578. The Balaban J connectivity index is 2.94. The molecule has 0 N–H and O–H groups in total. The lowest BCUT2D eigenvalue weighted by molar-refractivity contribution is -0.384. The van der Waals surface area contributed by atoms with Gasteiger partial charge in [-0.25, -0.2) is 0 Å². The second-order valence-electron chi connectivity index (χ2n) is 2.37. The van der Waals surface area contributed by atoms with Crippen LogP contribution in [0.25, 0.3) is 0 Å². The molecule has 0 aliphatic carbocycles. The fourth-order valence-corrected chi connectivity index (χ4v) is 1.05. The van der Waals surface area contributed by atoms with Crippen LogP contribution in [0.4, 0.5) is 5.69 Å². The number of nitrogens with zero attached hydrogens (tertiary/aromatic N) is 2. The van der Waals surface area contributed by atoms with Crippen molar-refractivity contribution in [2.75, 3.05) is 7.11 Å². The highest BCUT2D eigenvalue weighted by atomic mass is 35.5. The monoisotopic (exact) mass is 214 g/mol. The van der Waals surface area contributed by atoms with E-state index in [-0.39, 0.29) is 10.9 Å². The molecule has 0 heterocycles. The van der Waals surface area contributed by atoms with Crippen molar-refractivity contribution in [2.45, 2.75) is 0 Å². The second-order valence-corrected chi connectivity index (χ2v) is 2.73. The summed E-state index contributed by atoms with van der Waals surface area (Å²) in [4.78, 5) is 14.3. The highest BCUT2D eigenvalue weighted by Crippen LogP contribution is 2.13. The number of benzene rings is 1. The molecule has 6 heteroatoms. The molecule has 0 saturated carbocycles. The van der Waals surface area contributed by atoms with Gasteiger partial charge in [0.15, 0.2) is 5.17 Å². The second kappa shape index (κ2) is 4.57. The van der Waals surface area contributed by atoms with Gasteiger partial charge in [0.2, 0.25) is 0 Å². The number of nitro benzene ring substituents is 1. The van der Waals surface area contributed by atoms with Crippen molar-refractivity contribution in [1.82, 2.24) is 0 Å². The molecule has 0 atom stereocenters. The highest BCUT2D eigenvalue weighted by molar-refractivity contribution is 6.69. The van der Waals surface area contributed by atoms with Crippen molar-refractivity contribution in [1.29, 1.82) is 0 Å². The molecule has 0 saturated heterocycles. The highest BCUT2D eigenvalue weighted by Gasteiger charge is 2.06. The molecule has 0 unspecified atom stereocenters. The third-order valence-corrected chi connectivity index (χ3v) is 1.77. The summed E-state index contributed by atoms with van der Waals surface area (Å²) in [6.07, 6.45) is 0. The molecule has 5 nitrogen and oxygen atoms in total. The molecule has 0 spiro atoms. The van der Waals surface area contributed by atoms with Crippen LogP contribution in [0.2, 0.25) is 0 Å². The third-order valence-electron chi connectivity index (χ3n) is 1.49. The Morgan fingerprint density at radius 1 is 1.50 bits per heavy atom. The number of halogens is 1. The predicted molar refractivity (Wildman–Crippen MR) is 52.5 cm³/mol. The fourth-order valence-electron chi connectivity index (χ4n) is 0.854. The van der Waals surface area contributed by atoms with E-state index in [9.17, 15) is 10.1 Å². The van der Waals surface area contributed by atoms with Gasteiger partial charge in [0.05, 0.1) is 4.92 Å². The normalized spacial score (nSPS) is 11.1. The lowest BCUT2D eigenvalue weighted by Gasteiger charge is -1.96. The largest absolute Gasteiger partial charge is 0.398 e. The Morgan fingerprint density at radius 3 is 2.50 bits per heavy atom. The lowest BCUT2D eigenvalue weighted by atomic mass is 10.2. The summed E-state index contributed by atoms with van der Waals surface area (Å²) in [5, 5.41) is 14.0. The molecule has 0 radical (unpaired) electrons. The molecule has 0 bridgehead atoms. The standard InChI is InChI=1S/C8H7ClN2O3/c1-14-10-8(9)6-2-4-7(5-3-6)11(12)13/h2-5H,1H3/b10-8+. The van der Waals surface area contributed by atoms with Crippen LogP contribution in [0, 0.1) is 10.1 Å². The summed E-state index contributed by atoms with van der Waals surface area (Å²) in [6.45, 7) is 0. The number of hydrogen-bond acceptors (Lipinski definition) is 4. The minimum atomic E-state index is -0.481. The maximum absolute atomic E-state index is 10.3. The third kappa shape index (κ3) is 2.43. The minimum absolute atomic E-state index is 0.00985. The van der Waals surface area contributed by atoms with E-state index in [1.165, 1.54) is 31.4 Å². The molecular weight excluding hydrogens is 208 g/mol. The minimum Gasteiger partial charge on any atom is -0.398 e. The van der Waals surface area contributed by atoms with Crippen LogP contribution >= 0.6 is 11.6 Å². The predicted octanol–water partition coefficient (Wildman–Crippen LogP) is 2.14. The average Bonchev–Trinajstić information content (AvgIpc) is 2.18. The van der Waals surface area contributed by atoms with Crippen LogP contribution in [0.15, 0.2) is 29.4 Å². The maximum atomic E-state index is 10.3. The van der Waals surface area contributed by atoms with Gasteiger partial charge >= 0.3 is 0 Å². The molecule has 0 aromatic heterocycles. The first-order valence-corrected chi connectivity index (χ1v) is 4.04. The Labute approximate surface area is 85.1 Å². The average molecular weight is 215 g/mol. The molecular formula is C8H7ClN2O3. The molecule has 74 valence electrons. The van der Waals surface area contributed by atoms with Crippen molar-refractivity contribution >= 4 is 22.5 Å². The topological polar surface area (TPSA) is 64.7 Å². The fraction of sp³-hybridized carbons (Fsp3) is 0.125.